The molecule has 0 bridgehead atoms. The molecule has 0 amide bonds. The molecule has 0 radical (unpaired) electrons. The molecule has 0 aromatic heterocycles. The highest BCUT2D eigenvalue weighted by molar-refractivity contribution is 5.89. The van der Waals surface area contributed by atoms with Crippen LogP contribution in [0.2, 0.25) is 0 Å². The number of hydrogen-bond acceptors (Lipinski definition) is 3. The van der Waals surface area contributed by atoms with Gasteiger partial charge in [-0.1, -0.05) is 12.1 Å². The first-order valence-corrected chi connectivity index (χ1v) is 4.48. The van der Waals surface area contributed by atoms with E-state index in [0.29, 0.717) is 5.56 Å². The second-order valence-corrected chi connectivity index (χ2v) is 3.59. The van der Waals surface area contributed by atoms with Crippen molar-refractivity contribution in [3.63, 3.8) is 0 Å². The Labute approximate surface area is 82.6 Å². The average Bonchev–Trinajstić information content (AvgIpc) is 2.97. The number of benzene rings is 1. The van der Waals surface area contributed by atoms with E-state index in [1.165, 1.54) is 7.11 Å². The summed E-state index contributed by atoms with van der Waals surface area (Å²) < 4.78 is 9.90. The van der Waals surface area contributed by atoms with Crippen molar-refractivity contribution in [3.8, 4) is 0 Å². The third-order valence-electron chi connectivity index (χ3n) is 2.49. The van der Waals surface area contributed by atoms with Crippen molar-refractivity contribution in [2.45, 2.75) is 12.5 Å². The molecule has 1 fully saturated rings. The van der Waals surface area contributed by atoms with Gasteiger partial charge in [0.25, 0.3) is 0 Å². The van der Waals surface area contributed by atoms with Crippen molar-refractivity contribution in [2.75, 3.05) is 13.7 Å². The third kappa shape index (κ3) is 1.51. The first-order valence-electron chi connectivity index (χ1n) is 4.48. The number of rotatable bonds is 2. The number of carbonyl (C=O) groups is 1. The smallest absolute Gasteiger partial charge is 0.337 e. The monoisotopic (exact) mass is 192 g/mol. The van der Waals surface area contributed by atoms with E-state index >= 15 is 0 Å². The van der Waals surface area contributed by atoms with Crippen LogP contribution in [0.5, 0.6) is 0 Å². The van der Waals surface area contributed by atoms with Gasteiger partial charge in [-0.3, -0.25) is 0 Å². The molecule has 14 heavy (non-hydrogen) atoms. The molecule has 0 saturated carbocycles. The lowest BCUT2D eigenvalue weighted by Crippen LogP contribution is -2.04. The van der Waals surface area contributed by atoms with Gasteiger partial charge in [-0.15, -0.1) is 0 Å². The zero-order valence-electron chi connectivity index (χ0n) is 8.24. The van der Waals surface area contributed by atoms with Crippen LogP contribution >= 0.6 is 0 Å². The first-order chi connectivity index (χ1) is 6.65. The Balaban J connectivity index is 2.22. The number of hydrogen-bond donors (Lipinski definition) is 0. The van der Waals surface area contributed by atoms with E-state index in [-0.39, 0.29) is 11.6 Å². The molecule has 0 spiro atoms. The Hall–Kier alpha value is -1.35. The van der Waals surface area contributed by atoms with Gasteiger partial charge in [0.2, 0.25) is 0 Å². The normalized spacial score (nSPS) is 24.4. The Morgan fingerprint density at radius 2 is 2.00 bits per heavy atom. The van der Waals surface area contributed by atoms with Crippen LogP contribution in [0.15, 0.2) is 24.3 Å². The highest BCUT2D eigenvalue weighted by Crippen LogP contribution is 2.37. The zero-order chi connectivity index (χ0) is 10.2. The Morgan fingerprint density at radius 1 is 1.43 bits per heavy atom. The van der Waals surface area contributed by atoms with E-state index in [4.69, 9.17) is 4.74 Å². The van der Waals surface area contributed by atoms with Gasteiger partial charge in [0, 0.05) is 0 Å². The van der Waals surface area contributed by atoms with Crippen molar-refractivity contribution in [3.05, 3.63) is 35.4 Å². The van der Waals surface area contributed by atoms with E-state index < -0.39 is 0 Å². The van der Waals surface area contributed by atoms with Crippen LogP contribution < -0.4 is 0 Å². The Morgan fingerprint density at radius 3 is 2.43 bits per heavy atom. The lowest BCUT2D eigenvalue weighted by molar-refractivity contribution is 0.0600. The Kier molecular flexibility index (Phi) is 2.04. The molecule has 1 aromatic carbocycles. The standard InChI is InChI=1S/C11H12O3/c1-11(7-14-11)9-5-3-8(4-6-9)10(12)13-2/h3-6H,7H2,1-2H3. The fraction of sp³-hybridized carbons (Fsp3) is 0.364. The summed E-state index contributed by atoms with van der Waals surface area (Å²) in [5.41, 5.74) is 1.54. The minimum absolute atomic E-state index is 0.130. The molecule has 3 heteroatoms. The zero-order valence-corrected chi connectivity index (χ0v) is 8.24. The molecular weight excluding hydrogens is 180 g/mol. The van der Waals surface area contributed by atoms with Crippen molar-refractivity contribution in [1.29, 1.82) is 0 Å². The third-order valence-corrected chi connectivity index (χ3v) is 2.49. The minimum atomic E-state index is -0.307. The lowest BCUT2D eigenvalue weighted by Gasteiger charge is -2.05. The molecule has 0 aliphatic carbocycles. The van der Waals surface area contributed by atoms with Crippen molar-refractivity contribution < 1.29 is 14.3 Å². The molecule has 3 nitrogen and oxygen atoms in total. The summed E-state index contributed by atoms with van der Waals surface area (Å²) in [5.74, 6) is -0.307. The molecule has 0 N–H and O–H groups in total. The van der Waals surface area contributed by atoms with Gasteiger partial charge < -0.3 is 9.47 Å². The van der Waals surface area contributed by atoms with Crippen molar-refractivity contribution in [1.82, 2.24) is 0 Å². The lowest BCUT2D eigenvalue weighted by atomic mass is 10.0. The summed E-state index contributed by atoms with van der Waals surface area (Å²) in [7, 11) is 1.38. The van der Waals surface area contributed by atoms with Gasteiger partial charge in [0.1, 0.15) is 5.60 Å². The molecule has 1 aliphatic rings. The first kappa shape index (κ1) is 9.21. The van der Waals surface area contributed by atoms with Gasteiger partial charge in [0.15, 0.2) is 0 Å². The maximum Gasteiger partial charge on any atom is 0.337 e. The quantitative estimate of drug-likeness (QED) is 0.529. The molecule has 2 rings (SSSR count). The van der Waals surface area contributed by atoms with Crippen LogP contribution in [-0.2, 0) is 15.1 Å². The summed E-state index contributed by atoms with van der Waals surface area (Å²) in [6, 6.07) is 7.32. The van der Waals surface area contributed by atoms with Gasteiger partial charge in [0.05, 0.1) is 19.3 Å². The maximum atomic E-state index is 11.1. The van der Waals surface area contributed by atoms with Gasteiger partial charge in [-0.2, -0.15) is 0 Å². The van der Waals surface area contributed by atoms with Crippen LogP contribution in [-0.4, -0.2) is 19.7 Å². The minimum Gasteiger partial charge on any atom is -0.465 e. The molecule has 1 aromatic rings. The fourth-order valence-electron chi connectivity index (χ4n) is 1.35. The van der Waals surface area contributed by atoms with E-state index in [9.17, 15) is 4.79 Å². The highest BCUT2D eigenvalue weighted by Gasteiger charge is 2.40. The Bertz CT molecular complexity index is 349. The molecule has 1 heterocycles. The van der Waals surface area contributed by atoms with Crippen molar-refractivity contribution in [2.24, 2.45) is 0 Å². The second-order valence-electron chi connectivity index (χ2n) is 3.59. The van der Waals surface area contributed by atoms with Crippen LogP contribution in [0.4, 0.5) is 0 Å². The topological polar surface area (TPSA) is 38.8 Å². The summed E-state index contributed by atoms with van der Waals surface area (Å²) in [5, 5.41) is 0. The van der Waals surface area contributed by atoms with Gasteiger partial charge in [-0.05, 0) is 24.6 Å². The number of epoxide rings is 1. The molecule has 1 atom stereocenters. The van der Waals surface area contributed by atoms with E-state index in [1.807, 2.05) is 19.1 Å². The number of esters is 1. The maximum absolute atomic E-state index is 11.1. The summed E-state index contributed by atoms with van der Waals surface area (Å²) in [4.78, 5) is 11.1. The molecule has 74 valence electrons. The van der Waals surface area contributed by atoms with Crippen LogP contribution in [0.3, 0.4) is 0 Å². The average molecular weight is 192 g/mol. The van der Waals surface area contributed by atoms with Gasteiger partial charge in [-0.25, -0.2) is 4.79 Å². The van der Waals surface area contributed by atoms with E-state index in [2.05, 4.69) is 4.74 Å². The fourth-order valence-corrected chi connectivity index (χ4v) is 1.35. The summed E-state index contributed by atoms with van der Waals surface area (Å²) in [6.45, 7) is 2.78. The van der Waals surface area contributed by atoms with E-state index in [1.54, 1.807) is 12.1 Å². The summed E-state index contributed by atoms with van der Waals surface area (Å²) >= 11 is 0. The molecule has 1 aliphatic heterocycles. The molecule has 1 unspecified atom stereocenters. The van der Waals surface area contributed by atoms with Crippen LogP contribution in [0.25, 0.3) is 0 Å². The van der Waals surface area contributed by atoms with E-state index in [0.717, 1.165) is 12.2 Å². The second kappa shape index (κ2) is 3.10. The predicted molar refractivity (Wildman–Crippen MR) is 51.1 cm³/mol. The number of ether oxygens (including phenoxy) is 2. The number of carbonyl (C=O) groups excluding carboxylic acids is 1. The molecule has 1 saturated heterocycles. The largest absolute Gasteiger partial charge is 0.465 e. The highest BCUT2D eigenvalue weighted by atomic mass is 16.6. The SMILES string of the molecule is COC(=O)c1ccc(C2(C)CO2)cc1. The predicted octanol–water partition coefficient (Wildman–Crippen LogP) is 1.72. The van der Waals surface area contributed by atoms with Crippen LogP contribution in [0.1, 0.15) is 22.8 Å². The van der Waals surface area contributed by atoms with Crippen molar-refractivity contribution >= 4 is 5.97 Å². The summed E-state index contributed by atoms with van der Waals surface area (Å²) in [6.07, 6.45) is 0. The van der Waals surface area contributed by atoms with Gasteiger partial charge >= 0.3 is 5.97 Å². The number of methoxy groups -OCH3 is 1. The molecular formula is C11H12O3. The van der Waals surface area contributed by atoms with Crippen LogP contribution in [0, 0.1) is 0 Å².